The number of aryl methyl sites for hydroxylation is 1. The van der Waals surface area contributed by atoms with Crippen molar-refractivity contribution in [3.63, 3.8) is 0 Å². The van der Waals surface area contributed by atoms with Crippen LogP contribution in [0.1, 0.15) is 57.2 Å². The Hall–Kier alpha value is -1.02. The Morgan fingerprint density at radius 3 is 2.89 bits per heavy atom. The van der Waals surface area contributed by atoms with Crippen molar-refractivity contribution < 1.29 is 4.74 Å². The van der Waals surface area contributed by atoms with Gasteiger partial charge in [0.15, 0.2) is 0 Å². The molecular weight excluding hydrogens is 234 g/mol. The molecule has 0 saturated heterocycles. The van der Waals surface area contributed by atoms with Crippen LogP contribution in [0.5, 0.6) is 5.75 Å². The summed E-state index contributed by atoms with van der Waals surface area (Å²) in [5.74, 6) is 1.10. The molecule has 0 aromatic heterocycles. The summed E-state index contributed by atoms with van der Waals surface area (Å²) in [5, 5.41) is 3.76. The van der Waals surface area contributed by atoms with Crippen molar-refractivity contribution in [1.29, 1.82) is 0 Å². The summed E-state index contributed by atoms with van der Waals surface area (Å²) < 4.78 is 5.93. The zero-order valence-electron chi connectivity index (χ0n) is 12.8. The molecule has 19 heavy (non-hydrogen) atoms. The number of nitrogens with one attached hydrogen (secondary N) is 1. The Morgan fingerprint density at radius 2 is 2.16 bits per heavy atom. The maximum atomic E-state index is 5.93. The van der Waals surface area contributed by atoms with E-state index < -0.39 is 0 Å². The number of rotatable bonds is 4. The first-order valence-electron chi connectivity index (χ1n) is 7.49. The summed E-state index contributed by atoms with van der Waals surface area (Å²) in [4.78, 5) is 0. The molecule has 0 radical (unpaired) electrons. The Morgan fingerprint density at radius 1 is 1.37 bits per heavy atom. The second-order valence-electron chi connectivity index (χ2n) is 6.44. The van der Waals surface area contributed by atoms with Crippen LogP contribution >= 0.6 is 0 Å². The van der Waals surface area contributed by atoms with E-state index in [-0.39, 0.29) is 0 Å². The van der Waals surface area contributed by atoms with Gasteiger partial charge in [0.25, 0.3) is 0 Å². The molecule has 1 aliphatic heterocycles. The lowest BCUT2D eigenvalue weighted by atomic mass is 9.89. The van der Waals surface area contributed by atoms with Gasteiger partial charge in [0.2, 0.25) is 0 Å². The van der Waals surface area contributed by atoms with Gasteiger partial charge in [-0.2, -0.15) is 0 Å². The highest BCUT2D eigenvalue weighted by Crippen LogP contribution is 2.34. The van der Waals surface area contributed by atoms with Crippen LogP contribution < -0.4 is 10.1 Å². The zero-order valence-corrected chi connectivity index (χ0v) is 12.8. The van der Waals surface area contributed by atoms with E-state index in [2.05, 4.69) is 51.2 Å². The maximum Gasteiger partial charge on any atom is 0.126 e. The number of hydrogen-bond acceptors (Lipinski definition) is 2. The van der Waals surface area contributed by atoms with Crippen molar-refractivity contribution in [2.75, 3.05) is 13.2 Å². The molecule has 2 rings (SSSR count). The van der Waals surface area contributed by atoms with Crippen LogP contribution in [0.2, 0.25) is 0 Å². The number of fused-ring (bicyclic) bond motifs is 1. The monoisotopic (exact) mass is 261 g/mol. The summed E-state index contributed by atoms with van der Waals surface area (Å²) in [6.45, 7) is 10.9. The van der Waals surface area contributed by atoms with Gasteiger partial charge < -0.3 is 10.1 Å². The first-order chi connectivity index (χ1) is 9.03. The molecule has 2 heteroatoms. The van der Waals surface area contributed by atoms with Gasteiger partial charge in [-0.15, -0.1) is 0 Å². The van der Waals surface area contributed by atoms with E-state index in [9.17, 15) is 0 Å². The van der Waals surface area contributed by atoms with Gasteiger partial charge in [-0.3, -0.25) is 0 Å². The molecule has 1 aliphatic rings. The van der Waals surface area contributed by atoms with E-state index >= 15 is 0 Å². The fourth-order valence-electron chi connectivity index (χ4n) is 2.50. The third-order valence-electron chi connectivity index (χ3n) is 4.29. The van der Waals surface area contributed by atoms with Gasteiger partial charge in [0, 0.05) is 18.2 Å². The van der Waals surface area contributed by atoms with Crippen LogP contribution in [0.3, 0.4) is 0 Å². The fraction of sp³-hybridized carbons (Fsp3) is 0.647. The summed E-state index contributed by atoms with van der Waals surface area (Å²) >= 11 is 0. The average Bonchev–Trinajstić information content (AvgIpc) is 2.60. The molecule has 1 heterocycles. The van der Waals surface area contributed by atoms with Gasteiger partial charge in [-0.1, -0.05) is 39.0 Å². The largest absolute Gasteiger partial charge is 0.493 e. The fourth-order valence-corrected chi connectivity index (χ4v) is 2.50. The van der Waals surface area contributed by atoms with Crippen molar-refractivity contribution in [2.24, 2.45) is 5.41 Å². The quantitative estimate of drug-likeness (QED) is 0.875. The van der Waals surface area contributed by atoms with Crippen LogP contribution in [0.15, 0.2) is 18.2 Å². The SMILES string of the molecule is CCC(C)(C)CNC1CCCOc2c(C)cccc21. The minimum absolute atomic E-state index is 0.358. The molecular formula is C17H27NO. The highest BCUT2D eigenvalue weighted by molar-refractivity contribution is 5.43. The zero-order chi connectivity index (χ0) is 13.9. The first kappa shape index (κ1) is 14.4. The predicted molar refractivity (Wildman–Crippen MR) is 80.7 cm³/mol. The van der Waals surface area contributed by atoms with E-state index in [0.717, 1.165) is 31.7 Å². The van der Waals surface area contributed by atoms with Gasteiger partial charge >= 0.3 is 0 Å². The highest BCUT2D eigenvalue weighted by Gasteiger charge is 2.23. The lowest BCUT2D eigenvalue weighted by Gasteiger charge is -2.27. The Balaban J connectivity index is 2.16. The number of ether oxygens (including phenoxy) is 1. The second kappa shape index (κ2) is 5.96. The topological polar surface area (TPSA) is 21.3 Å². The lowest BCUT2D eigenvalue weighted by molar-refractivity contribution is 0.298. The summed E-state index contributed by atoms with van der Waals surface area (Å²) in [6.07, 6.45) is 3.48. The third-order valence-corrected chi connectivity index (χ3v) is 4.29. The van der Waals surface area contributed by atoms with E-state index in [1.165, 1.54) is 17.5 Å². The van der Waals surface area contributed by atoms with Crippen LogP contribution in [0.4, 0.5) is 0 Å². The van der Waals surface area contributed by atoms with Crippen molar-refractivity contribution in [2.45, 2.75) is 53.0 Å². The van der Waals surface area contributed by atoms with Gasteiger partial charge in [0.1, 0.15) is 5.75 Å². The molecule has 0 amide bonds. The molecule has 1 unspecified atom stereocenters. The van der Waals surface area contributed by atoms with Crippen molar-refractivity contribution >= 4 is 0 Å². The van der Waals surface area contributed by atoms with Gasteiger partial charge in [-0.05, 0) is 37.2 Å². The standard InChI is InChI=1S/C17H27NO/c1-5-17(3,4)12-18-15-10-7-11-19-16-13(2)8-6-9-14(15)16/h6,8-9,15,18H,5,7,10-12H2,1-4H3. The normalized spacial score (nSPS) is 19.5. The summed E-state index contributed by atoms with van der Waals surface area (Å²) in [5.41, 5.74) is 2.95. The minimum Gasteiger partial charge on any atom is -0.493 e. The van der Waals surface area contributed by atoms with Gasteiger partial charge in [0.05, 0.1) is 6.61 Å². The third kappa shape index (κ3) is 3.50. The lowest BCUT2D eigenvalue weighted by Crippen LogP contribution is -2.32. The summed E-state index contributed by atoms with van der Waals surface area (Å²) in [7, 11) is 0. The number of para-hydroxylation sites is 1. The van der Waals surface area contributed by atoms with Crippen molar-refractivity contribution in [1.82, 2.24) is 5.32 Å². The smallest absolute Gasteiger partial charge is 0.126 e. The van der Waals surface area contributed by atoms with Crippen molar-refractivity contribution in [3.8, 4) is 5.75 Å². The Kier molecular flexibility index (Phi) is 4.51. The van der Waals surface area contributed by atoms with E-state index in [0.29, 0.717) is 11.5 Å². The molecule has 0 spiro atoms. The molecule has 0 bridgehead atoms. The summed E-state index contributed by atoms with van der Waals surface area (Å²) in [6, 6.07) is 6.92. The van der Waals surface area contributed by atoms with E-state index in [1.54, 1.807) is 0 Å². The molecule has 0 fully saturated rings. The Labute approximate surface area is 117 Å². The average molecular weight is 261 g/mol. The first-order valence-corrected chi connectivity index (χ1v) is 7.49. The molecule has 1 aromatic rings. The van der Waals surface area contributed by atoms with Crippen LogP contribution in [0.25, 0.3) is 0 Å². The predicted octanol–water partition coefficient (Wildman–Crippen LogP) is 4.23. The number of hydrogen-bond donors (Lipinski definition) is 1. The molecule has 1 atom stereocenters. The molecule has 0 aliphatic carbocycles. The van der Waals surface area contributed by atoms with Gasteiger partial charge in [-0.25, -0.2) is 0 Å². The minimum atomic E-state index is 0.358. The van der Waals surface area contributed by atoms with Crippen molar-refractivity contribution in [3.05, 3.63) is 29.3 Å². The van der Waals surface area contributed by atoms with Crippen LogP contribution in [-0.2, 0) is 0 Å². The molecule has 106 valence electrons. The Bertz CT molecular complexity index is 425. The highest BCUT2D eigenvalue weighted by atomic mass is 16.5. The maximum absolute atomic E-state index is 5.93. The molecule has 1 N–H and O–H groups in total. The van der Waals surface area contributed by atoms with Crippen LogP contribution in [0, 0.1) is 12.3 Å². The second-order valence-corrected chi connectivity index (χ2v) is 6.44. The molecule has 2 nitrogen and oxygen atoms in total. The molecule has 0 saturated carbocycles. The molecule has 1 aromatic carbocycles. The van der Waals surface area contributed by atoms with Crippen LogP contribution in [-0.4, -0.2) is 13.2 Å². The number of benzene rings is 1. The van der Waals surface area contributed by atoms with E-state index in [1.807, 2.05) is 0 Å². The van der Waals surface area contributed by atoms with E-state index in [4.69, 9.17) is 4.74 Å².